The first-order chi connectivity index (χ1) is 8.34. The number of benzene rings is 1. The second kappa shape index (κ2) is 6.04. The van der Waals surface area contributed by atoms with Crippen molar-refractivity contribution >= 4 is 28.0 Å². The number of hydrogen-bond donors (Lipinski definition) is 0. The van der Waals surface area contributed by atoms with Crippen LogP contribution in [0.3, 0.4) is 0 Å². The topological polar surface area (TPSA) is 26.3 Å². The van der Waals surface area contributed by atoms with E-state index in [9.17, 15) is 18.0 Å². The standard InChI is InChI=1S/C12H10BrF3O2/c1-2-18-11(17)6-3-8-7-9(12(14,15)16)4-5-10(8)13/h3-7H,2H2,1H3. The van der Waals surface area contributed by atoms with Crippen LogP contribution in [0.25, 0.3) is 6.08 Å². The summed E-state index contributed by atoms with van der Waals surface area (Å²) in [5.74, 6) is -0.596. The number of halogens is 4. The lowest BCUT2D eigenvalue weighted by molar-refractivity contribution is -0.138. The molecule has 98 valence electrons. The Morgan fingerprint density at radius 1 is 1.44 bits per heavy atom. The lowest BCUT2D eigenvalue weighted by Gasteiger charge is -2.08. The predicted octanol–water partition coefficient (Wildman–Crippen LogP) is 4.04. The minimum Gasteiger partial charge on any atom is -0.463 e. The highest BCUT2D eigenvalue weighted by Gasteiger charge is 2.30. The first-order valence-corrected chi connectivity index (χ1v) is 5.85. The summed E-state index contributed by atoms with van der Waals surface area (Å²) in [4.78, 5) is 11.1. The van der Waals surface area contributed by atoms with Crippen LogP contribution >= 0.6 is 15.9 Å². The first kappa shape index (κ1) is 14.8. The van der Waals surface area contributed by atoms with E-state index in [0.29, 0.717) is 4.47 Å². The fourth-order valence-corrected chi connectivity index (χ4v) is 1.57. The van der Waals surface area contributed by atoms with E-state index >= 15 is 0 Å². The first-order valence-electron chi connectivity index (χ1n) is 5.06. The van der Waals surface area contributed by atoms with Crippen molar-refractivity contribution in [3.05, 3.63) is 39.9 Å². The molecule has 0 saturated carbocycles. The van der Waals surface area contributed by atoms with Gasteiger partial charge in [-0.1, -0.05) is 15.9 Å². The molecule has 0 atom stereocenters. The number of hydrogen-bond acceptors (Lipinski definition) is 2. The Bertz CT molecular complexity index is 467. The van der Waals surface area contributed by atoms with E-state index in [1.807, 2.05) is 0 Å². The Hall–Kier alpha value is -1.30. The molecule has 0 N–H and O–H groups in total. The molecule has 0 heterocycles. The number of esters is 1. The minimum atomic E-state index is -4.41. The minimum absolute atomic E-state index is 0.215. The summed E-state index contributed by atoms with van der Waals surface area (Å²) in [6, 6.07) is 3.21. The van der Waals surface area contributed by atoms with Crippen molar-refractivity contribution in [1.29, 1.82) is 0 Å². The largest absolute Gasteiger partial charge is 0.463 e. The second-order valence-corrected chi connectivity index (χ2v) is 4.17. The lowest BCUT2D eigenvalue weighted by atomic mass is 10.1. The third-order valence-corrected chi connectivity index (χ3v) is 2.73. The van der Waals surface area contributed by atoms with Gasteiger partial charge in [0, 0.05) is 10.5 Å². The zero-order valence-corrected chi connectivity index (χ0v) is 11.0. The maximum atomic E-state index is 12.5. The van der Waals surface area contributed by atoms with Crippen molar-refractivity contribution < 1.29 is 22.7 Å². The van der Waals surface area contributed by atoms with Gasteiger partial charge in [0.25, 0.3) is 0 Å². The SMILES string of the molecule is CCOC(=O)C=Cc1cc(C(F)(F)F)ccc1Br. The molecule has 0 radical (unpaired) electrons. The van der Waals surface area contributed by atoms with Crippen molar-refractivity contribution in [3.8, 4) is 0 Å². The summed E-state index contributed by atoms with van der Waals surface area (Å²) in [7, 11) is 0. The van der Waals surface area contributed by atoms with Crippen molar-refractivity contribution in [2.24, 2.45) is 0 Å². The molecular formula is C12H10BrF3O2. The van der Waals surface area contributed by atoms with E-state index in [0.717, 1.165) is 18.2 Å². The van der Waals surface area contributed by atoms with Crippen molar-refractivity contribution in [2.45, 2.75) is 13.1 Å². The third kappa shape index (κ3) is 4.18. The molecule has 0 spiro atoms. The van der Waals surface area contributed by atoms with Crippen LogP contribution < -0.4 is 0 Å². The van der Waals surface area contributed by atoms with E-state index in [2.05, 4.69) is 20.7 Å². The highest BCUT2D eigenvalue weighted by Crippen LogP contribution is 2.32. The van der Waals surface area contributed by atoms with Gasteiger partial charge < -0.3 is 4.74 Å². The summed E-state index contributed by atoms with van der Waals surface area (Å²) < 4.78 is 42.6. The van der Waals surface area contributed by atoms with Crippen LogP contribution in [0.2, 0.25) is 0 Å². The fraction of sp³-hybridized carbons (Fsp3) is 0.250. The van der Waals surface area contributed by atoms with E-state index < -0.39 is 17.7 Å². The van der Waals surface area contributed by atoms with E-state index in [1.165, 1.54) is 12.1 Å². The fourth-order valence-electron chi connectivity index (χ4n) is 1.20. The Kier molecular flexibility index (Phi) is 4.95. The van der Waals surface area contributed by atoms with Crippen LogP contribution in [0.1, 0.15) is 18.1 Å². The number of alkyl halides is 3. The van der Waals surface area contributed by atoms with Crippen LogP contribution in [0.5, 0.6) is 0 Å². The van der Waals surface area contributed by atoms with Crippen LogP contribution in [0, 0.1) is 0 Å². The van der Waals surface area contributed by atoms with Crippen LogP contribution in [0.4, 0.5) is 13.2 Å². The second-order valence-electron chi connectivity index (χ2n) is 3.32. The molecule has 1 aromatic carbocycles. The van der Waals surface area contributed by atoms with E-state index in [1.54, 1.807) is 6.92 Å². The van der Waals surface area contributed by atoms with Gasteiger partial charge in [0.2, 0.25) is 0 Å². The average Bonchev–Trinajstić information content (AvgIpc) is 2.26. The monoisotopic (exact) mass is 322 g/mol. The van der Waals surface area contributed by atoms with Crippen LogP contribution in [-0.2, 0) is 15.7 Å². The Labute approximate surface area is 111 Å². The average molecular weight is 323 g/mol. The normalized spacial score (nSPS) is 11.8. The van der Waals surface area contributed by atoms with Gasteiger partial charge >= 0.3 is 12.1 Å². The maximum Gasteiger partial charge on any atom is 0.416 e. The number of carbonyl (C=O) groups is 1. The number of ether oxygens (including phenoxy) is 1. The molecule has 18 heavy (non-hydrogen) atoms. The zero-order valence-electron chi connectivity index (χ0n) is 9.42. The molecule has 0 saturated heterocycles. The summed E-state index contributed by atoms with van der Waals surface area (Å²) in [6.45, 7) is 1.86. The smallest absolute Gasteiger partial charge is 0.416 e. The van der Waals surface area contributed by atoms with Gasteiger partial charge in [0.15, 0.2) is 0 Å². The van der Waals surface area contributed by atoms with Gasteiger partial charge in [-0.05, 0) is 36.8 Å². The van der Waals surface area contributed by atoms with Gasteiger partial charge in [-0.15, -0.1) is 0 Å². The third-order valence-electron chi connectivity index (χ3n) is 2.01. The molecule has 0 unspecified atom stereocenters. The molecule has 0 aromatic heterocycles. The van der Waals surface area contributed by atoms with Crippen molar-refractivity contribution in [2.75, 3.05) is 6.61 Å². The molecule has 0 aliphatic carbocycles. The van der Waals surface area contributed by atoms with Crippen molar-refractivity contribution in [3.63, 3.8) is 0 Å². The Balaban J connectivity index is 2.98. The molecular weight excluding hydrogens is 313 g/mol. The summed E-state index contributed by atoms with van der Waals surface area (Å²) in [5.41, 5.74) is -0.507. The van der Waals surface area contributed by atoms with Crippen molar-refractivity contribution in [1.82, 2.24) is 0 Å². The number of carbonyl (C=O) groups excluding carboxylic acids is 1. The summed E-state index contributed by atoms with van der Waals surface area (Å²) in [6.07, 6.45) is -2.05. The quantitative estimate of drug-likeness (QED) is 0.620. The molecule has 1 aromatic rings. The number of rotatable bonds is 3. The van der Waals surface area contributed by atoms with E-state index in [-0.39, 0.29) is 12.2 Å². The summed E-state index contributed by atoms with van der Waals surface area (Å²) in [5, 5.41) is 0. The molecule has 6 heteroatoms. The Morgan fingerprint density at radius 2 is 2.11 bits per heavy atom. The molecule has 2 nitrogen and oxygen atoms in total. The molecule has 0 fully saturated rings. The van der Waals surface area contributed by atoms with Gasteiger partial charge in [0.1, 0.15) is 0 Å². The van der Waals surface area contributed by atoms with Gasteiger partial charge in [-0.2, -0.15) is 13.2 Å². The van der Waals surface area contributed by atoms with E-state index in [4.69, 9.17) is 0 Å². The lowest BCUT2D eigenvalue weighted by Crippen LogP contribution is -2.05. The van der Waals surface area contributed by atoms with Crippen LogP contribution in [-0.4, -0.2) is 12.6 Å². The van der Waals surface area contributed by atoms with Gasteiger partial charge in [-0.3, -0.25) is 0 Å². The van der Waals surface area contributed by atoms with Gasteiger partial charge in [-0.25, -0.2) is 4.79 Å². The Morgan fingerprint density at radius 3 is 2.67 bits per heavy atom. The molecule has 0 amide bonds. The molecule has 0 bridgehead atoms. The highest BCUT2D eigenvalue weighted by molar-refractivity contribution is 9.10. The molecule has 0 aliphatic rings. The van der Waals surface area contributed by atoms with Gasteiger partial charge in [0.05, 0.1) is 12.2 Å². The summed E-state index contributed by atoms with van der Waals surface area (Å²) >= 11 is 3.12. The maximum absolute atomic E-state index is 12.5. The van der Waals surface area contributed by atoms with Crippen LogP contribution in [0.15, 0.2) is 28.7 Å². The predicted molar refractivity (Wildman–Crippen MR) is 64.8 cm³/mol. The highest BCUT2D eigenvalue weighted by atomic mass is 79.9. The molecule has 1 rings (SSSR count). The zero-order chi connectivity index (χ0) is 13.8. The molecule has 0 aliphatic heterocycles.